The largest absolute Gasteiger partial charge is 0.480 e. The van der Waals surface area contributed by atoms with Gasteiger partial charge in [0.05, 0.1) is 0 Å². The third-order valence-electron chi connectivity index (χ3n) is 2.02. The van der Waals surface area contributed by atoms with Gasteiger partial charge >= 0.3 is 5.97 Å². The van der Waals surface area contributed by atoms with Gasteiger partial charge in [-0.15, -0.1) is 5.10 Å². The number of aromatic amines is 1. The molecule has 7 nitrogen and oxygen atoms in total. The molecule has 7 heteroatoms. The molecule has 1 aromatic rings. The highest BCUT2D eigenvalue weighted by molar-refractivity contribution is 5.93. The van der Waals surface area contributed by atoms with Crippen LogP contribution in [-0.2, 0) is 4.79 Å². The van der Waals surface area contributed by atoms with Gasteiger partial charge in [0.15, 0.2) is 0 Å². The van der Waals surface area contributed by atoms with Crippen molar-refractivity contribution in [2.45, 2.75) is 26.8 Å². The lowest BCUT2D eigenvalue weighted by Crippen LogP contribution is -2.44. The second kappa shape index (κ2) is 4.73. The molecular formula is C9H14N4O3. The Labute approximate surface area is 92.3 Å². The number of carbonyl (C=O) groups excluding carboxylic acids is 1. The van der Waals surface area contributed by atoms with Crippen molar-refractivity contribution in [2.24, 2.45) is 5.92 Å². The van der Waals surface area contributed by atoms with Gasteiger partial charge in [0.1, 0.15) is 11.9 Å². The molecule has 0 fully saturated rings. The van der Waals surface area contributed by atoms with E-state index in [-0.39, 0.29) is 11.7 Å². The molecule has 0 aliphatic rings. The van der Waals surface area contributed by atoms with Crippen molar-refractivity contribution in [3.63, 3.8) is 0 Å². The summed E-state index contributed by atoms with van der Waals surface area (Å²) in [6.07, 6.45) is 0. The number of carbonyl (C=O) groups is 2. The molecule has 1 atom stereocenters. The molecule has 16 heavy (non-hydrogen) atoms. The molecule has 88 valence electrons. The fourth-order valence-corrected chi connectivity index (χ4v) is 1.16. The maximum atomic E-state index is 11.6. The zero-order valence-electron chi connectivity index (χ0n) is 9.31. The van der Waals surface area contributed by atoms with Crippen molar-refractivity contribution in [1.29, 1.82) is 0 Å². The Balaban J connectivity index is 2.73. The van der Waals surface area contributed by atoms with Crippen LogP contribution in [-0.4, -0.2) is 38.2 Å². The minimum Gasteiger partial charge on any atom is -0.480 e. The highest BCUT2D eigenvalue weighted by Gasteiger charge is 2.25. The Hall–Kier alpha value is -1.92. The summed E-state index contributed by atoms with van der Waals surface area (Å²) in [4.78, 5) is 26.2. The smallest absolute Gasteiger partial charge is 0.326 e. The number of nitrogens with zero attached hydrogens (tertiary/aromatic N) is 2. The fraction of sp³-hybridized carbons (Fsp3) is 0.556. The number of nitrogens with one attached hydrogen (secondary N) is 2. The van der Waals surface area contributed by atoms with Crippen LogP contribution in [0.2, 0.25) is 0 Å². The topological polar surface area (TPSA) is 108 Å². The molecule has 1 rings (SSSR count). The molecule has 0 spiro atoms. The van der Waals surface area contributed by atoms with E-state index < -0.39 is 17.9 Å². The van der Waals surface area contributed by atoms with Crippen molar-refractivity contribution in [2.75, 3.05) is 0 Å². The summed E-state index contributed by atoms with van der Waals surface area (Å²) in [5.41, 5.74) is 0. The SMILES string of the molecule is Cc1nc(C(=O)N[C@H](C(=O)O)C(C)C)n[nH]1. The summed E-state index contributed by atoms with van der Waals surface area (Å²) < 4.78 is 0. The van der Waals surface area contributed by atoms with E-state index in [9.17, 15) is 9.59 Å². The van der Waals surface area contributed by atoms with E-state index in [0.717, 1.165) is 0 Å². The lowest BCUT2D eigenvalue weighted by atomic mass is 10.1. The summed E-state index contributed by atoms with van der Waals surface area (Å²) in [5, 5.41) is 17.4. The number of aliphatic carboxylic acids is 1. The van der Waals surface area contributed by atoms with Gasteiger partial charge in [0.2, 0.25) is 5.82 Å². The van der Waals surface area contributed by atoms with Crippen LogP contribution in [0.1, 0.15) is 30.3 Å². The summed E-state index contributed by atoms with van der Waals surface area (Å²) in [6.45, 7) is 5.07. The lowest BCUT2D eigenvalue weighted by molar-refractivity contribution is -0.140. The summed E-state index contributed by atoms with van der Waals surface area (Å²) in [6, 6.07) is -0.939. The molecule has 0 radical (unpaired) electrons. The number of aryl methyl sites for hydroxylation is 1. The van der Waals surface area contributed by atoms with Gasteiger partial charge in [-0.2, -0.15) is 0 Å². The van der Waals surface area contributed by atoms with Gasteiger partial charge in [-0.3, -0.25) is 9.89 Å². The van der Waals surface area contributed by atoms with Gasteiger partial charge in [-0.25, -0.2) is 9.78 Å². The number of aromatic nitrogens is 3. The number of carboxylic acid groups (broad SMARTS) is 1. The summed E-state index contributed by atoms with van der Waals surface area (Å²) in [5.74, 6) is -1.42. The molecule has 1 heterocycles. The molecule has 1 amide bonds. The Morgan fingerprint density at radius 2 is 2.06 bits per heavy atom. The van der Waals surface area contributed by atoms with E-state index in [0.29, 0.717) is 5.82 Å². The minimum absolute atomic E-state index is 0.0515. The molecule has 0 bridgehead atoms. The van der Waals surface area contributed by atoms with Crippen molar-refractivity contribution in [3.8, 4) is 0 Å². The molecular weight excluding hydrogens is 212 g/mol. The zero-order chi connectivity index (χ0) is 12.3. The molecule has 0 aliphatic heterocycles. The van der Waals surface area contributed by atoms with Crippen LogP contribution in [0.5, 0.6) is 0 Å². The van der Waals surface area contributed by atoms with Gasteiger partial charge in [0.25, 0.3) is 5.91 Å². The zero-order valence-corrected chi connectivity index (χ0v) is 9.31. The number of H-pyrrole nitrogens is 1. The fourth-order valence-electron chi connectivity index (χ4n) is 1.16. The number of amides is 1. The maximum absolute atomic E-state index is 11.6. The minimum atomic E-state index is -1.07. The Kier molecular flexibility index (Phi) is 3.60. The number of hydrogen-bond donors (Lipinski definition) is 3. The second-order valence-electron chi connectivity index (χ2n) is 3.78. The van der Waals surface area contributed by atoms with Crippen LogP contribution in [0.15, 0.2) is 0 Å². The van der Waals surface area contributed by atoms with E-state index in [2.05, 4.69) is 20.5 Å². The standard InChI is InChI=1S/C9H14N4O3/c1-4(2)6(9(15)16)11-8(14)7-10-5(3)12-13-7/h4,6H,1-3H3,(H,11,14)(H,15,16)(H,10,12,13)/t6-/m0/s1. The second-order valence-corrected chi connectivity index (χ2v) is 3.78. The Morgan fingerprint density at radius 1 is 1.44 bits per heavy atom. The normalized spacial score (nSPS) is 12.5. The van der Waals surface area contributed by atoms with Gasteiger partial charge in [0, 0.05) is 0 Å². The van der Waals surface area contributed by atoms with Crippen LogP contribution >= 0.6 is 0 Å². The molecule has 0 aromatic carbocycles. The van der Waals surface area contributed by atoms with E-state index in [1.54, 1.807) is 20.8 Å². The first kappa shape index (κ1) is 12.2. The maximum Gasteiger partial charge on any atom is 0.326 e. The first-order chi connectivity index (χ1) is 7.41. The monoisotopic (exact) mass is 226 g/mol. The van der Waals surface area contributed by atoms with Crippen molar-refractivity contribution in [3.05, 3.63) is 11.6 Å². The van der Waals surface area contributed by atoms with Crippen LogP contribution in [0, 0.1) is 12.8 Å². The van der Waals surface area contributed by atoms with Gasteiger partial charge in [-0.05, 0) is 12.8 Å². The predicted molar refractivity (Wildman–Crippen MR) is 54.8 cm³/mol. The number of carboxylic acids is 1. The van der Waals surface area contributed by atoms with Crippen LogP contribution < -0.4 is 5.32 Å². The van der Waals surface area contributed by atoms with Crippen molar-refractivity contribution >= 4 is 11.9 Å². The third-order valence-corrected chi connectivity index (χ3v) is 2.02. The molecule has 0 aliphatic carbocycles. The number of hydrogen-bond acceptors (Lipinski definition) is 4. The predicted octanol–water partition coefficient (Wildman–Crippen LogP) is -0.0479. The molecule has 0 unspecified atom stereocenters. The summed E-state index contributed by atoms with van der Waals surface area (Å²) in [7, 11) is 0. The average Bonchev–Trinajstić information content (AvgIpc) is 2.59. The quantitative estimate of drug-likeness (QED) is 0.667. The highest BCUT2D eigenvalue weighted by atomic mass is 16.4. The highest BCUT2D eigenvalue weighted by Crippen LogP contribution is 2.02. The first-order valence-electron chi connectivity index (χ1n) is 4.84. The summed E-state index contributed by atoms with van der Waals surface area (Å²) >= 11 is 0. The Morgan fingerprint density at radius 3 is 2.44 bits per heavy atom. The van der Waals surface area contributed by atoms with E-state index in [4.69, 9.17) is 5.11 Å². The van der Waals surface area contributed by atoms with Crippen molar-refractivity contribution in [1.82, 2.24) is 20.5 Å². The van der Waals surface area contributed by atoms with E-state index in [1.807, 2.05) is 0 Å². The first-order valence-corrected chi connectivity index (χ1v) is 4.84. The third kappa shape index (κ3) is 2.78. The van der Waals surface area contributed by atoms with Crippen LogP contribution in [0.3, 0.4) is 0 Å². The van der Waals surface area contributed by atoms with E-state index in [1.165, 1.54) is 0 Å². The van der Waals surface area contributed by atoms with Crippen LogP contribution in [0.25, 0.3) is 0 Å². The van der Waals surface area contributed by atoms with Crippen LogP contribution in [0.4, 0.5) is 0 Å². The lowest BCUT2D eigenvalue weighted by Gasteiger charge is -2.16. The molecule has 1 aromatic heterocycles. The molecule has 3 N–H and O–H groups in total. The molecule has 0 saturated heterocycles. The van der Waals surface area contributed by atoms with Gasteiger partial charge < -0.3 is 10.4 Å². The van der Waals surface area contributed by atoms with Gasteiger partial charge in [-0.1, -0.05) is 13.8 Å². The van der Waals surface area contributed by atoms with E-state index >= 15 is 0 Å². The molecule has 0 saturated carbocycles. The number of rotatable bonds is 4. The average molecular weight is 226 g/mol. The van der Waals surface area contributed by atoms with Crippen molar-refractivity contribution < 1.29 is 14.7 Å². The Bertz CT molecular complexity index is 399.